The van der Waals surface area contributed by atoms with Crippen molar-refractivity contribution in [2.75, 3.05) is 23.3 Å². The van der Waals surface area contributed by atoms with Crippen molar-refractivity contribution in [3.8, 4) is 0 Å². The van der Waals surface area contributed by atoms with Crippen LogP contribution in [0.5, 0.6) is 0 Å². The number of rotatable bonds is 4. The normalized spacial score (nSPS) is 21.9. The summed E-state index contributed by atoms with van der Waals surface area (Å²) >= 11 is 0. The average molecular weight is 270 g/mol. The van der Waals surface area contributed by atoms with E-state index >= 15 is 0 Å². The molecule has 1 aromatic heterocycles. The lowest BCUT2D eigenvalue weighted by molar-refractivity contribution is 0.591. The summed E-state index contributed by atoms with van der Waals surface area (Å²) in [4.78, 5) is 8.05. The highest BCUT2D eigenvalue weighted by Gasteiger charge is 2.31. The van der Waals surface area contributed by atoms with Gasteiger partial charge in [0.05, 0.1) is 11.0 Å². The molecule has 18 heavy (non-hydrogen) atoms. The molecule has 7 heteroatoms. The Labute approximate surface area is 107 Å². The predicted octanol–water partition coefficient (Wildman–Crippen LogP) is 0.610. The smallest absolute Gasteiger partial charge is 0.154 e. The minimum atomic E-state index is -2.92. The minimum Gasteiger partial charge on any atom is -0.383 e. The Morgan fingerprint density at radius 3 is 2.89 bits per heavy atom. The molecule has 1 aliphatic rings. The zero-order chi connectivity index (χ0) is 13.2. The quantitative estimate of drug-likeness (QED) is 0.832. The van der Waals surface area contributed by atoms with Crippen LogP contribution in [0.15, 0.2) is 6.33 Å². The molecule has 2 rings (SSSR count). The molecule has 1 aromatic rings. The molecule has 3 N–H and O–H groups in total. The third kappa shape index (κ3) is 2.55. The highest BCUT2D eigenvalue weighted by atomic mass is 32.2. The summed E-state index contributed by atoms with van der Waals surface area (Å²) in [6, 6.07) is 0. The first-order valence-corrected chi connectivity index (χ1v) is 7.81. The van der Waals surface area contributed by atoms with E-state index in [0.717, 1.165) is 18.4 Å². The number of aromatic nitrogens is 2. The van der Waals surface area contributed by atoms with Gasteiger partial charge in [-0.2, -0.15) is 0 Å². The first-order valence-electron chi connectivity index (χ1n) is 6.09. The van der Waals surface area contributed by atoms with E-state index in [1.54, 1.807) is 0 Å². The minimum absolute atomic E-state index is 0.298. The fourth-order valence-corrected chi connectivity index (χ4v) is 3.99. The summed E-state index contributed by atoms with van der Waals surface area (Å²) in [7, 11) is -2.92. The number of hydrogen-bond donors (Lipinski definition) is 2. The number of anilines is 2. The van der Waals surface area contributed by atoms with Crippen LogP contribution in [-0.4, -0.2) is 35.9 Å². The van der Waals surface area contributed by atoms with Crippen molar-refractivity contribution < 1.29 is 8.42 Å². The molecular weight excluding hydrogens is 252 g/mol. The summed E-state index contributed by atoms with van der Waals surface area (Å²) in [5.41, 5.74) is 6.60. The third-order valence-electron chi connectivity index (χ3n) is 3.29. The molecular formula is C11H18N4O2S. The van der Waals surface area contributed by atoms with Gasteiger partial charge in [0, 0.05) is 12.1 Å². The van der Waals surface area contributed by atoms with Crippen molar-refractivity contribution in [2.45, 2.75) is 31.4 Å². The standard InChI is InChI=1S/C11H18N4O2S/c1-2-9-10(12)14-7-15-11(9)13-6-8-4-3-5-18(8,16)17/h7-8H,2-6H2,1H3,(H3,12,13,14,15). The van der Waals surface area contributed by atoms with Crippen LogP contribution < -0.4 is 11.1 Å². The number of hydrogen-bond acceptors (Lipinski definition) is 6. The van der Waals surface area contributed by atoms with Gasteiger partial charge in [0.15, 0.2) is 9.84 Å². The molecule has 1 unspecified atom stereocenters. The number of sulfone groups is 1. The lowest BCUT2D eigenvalue weighted by Crippen LogP contribution is -2.26. The van der Waals surface area contributed by atoms with E-state index < -0.39 is 9.84 Å². The van der Waals surface area contributed by atoms with Crippen molar-refractivity contribution in [1.82, 2.24) is 9.97 Å². The van der Waals surface area contributed by atoms with E-state index in [4.69, 9.17) is 5.73 Å². The number of nitrogens with two attached hydrogens (primary N) is 1. The van der Waals surface area contributed by atoms with Crippen molar-refractivity contribution in [3.05, 3.63) is 11.9 Å². The number of nitrogens with one attached hydrogen (secondary N) is 1. The summed E-state index contributed by atoms with van der Waals surface area (Å²) < 4.78 is 23.4. The topological polar surface area (TPSA) is 98.0 Å². The molecule has 1 aliphatic heterocycles. The number of nitrogens with zero attached hydrogens (tertiary/aromatic N) is 2. The largest absolute Gasteiger partial charge is 0.383 e. The van der Waals surface area contributed by atoms with Crippen molar-refractivity contribution in [2.24, 2.45) is 0 Å². The SMILES string of the molecule is CCc1c(N)ncnc1NCC1CCCS1(=O)=O. The van der Waals surface area contributed by atoms with Crippen molar-refractivity contribution >= 4 is 21.5 Å². The molecule has 0 amide bonds. The molecule has 1 fully saturated rings. The molecule has 0 bridgehead atoms. The fourth-order valence-electron chi connectivity index (χ4n) is 2.22. The zero-order valence-electron chi connectivity index (χ0n) is 10.4. The van der Waals surface area contributed by atoms with Gasteiger partial charge >= 0.3 is 0 Å². The molecule has 1 saturated heterocycles. The van der Waals surface area contributed by atoms with E-state index in [1.807, 2.05) is 6.92 Å². The molecule has 0 spiro atoms. The monoisotopic (exact) mass is 270 g/mol. The molecule has 0 aromatic carbocycles. The Kier molecular flexibility index (Phi) is 3.70. The van der Waals surface area contributed by atoms with Crippen LogP contribution in [0.1, 0.15) is 25.3 Å². The maximum atomic E-state index is 11.7. The van der Waals surface area contributed by atoms with Gasteiger partial charge in [-0.05, 0) is 19.3 Å². The van der Waals surface area contributed by atoms with E-state index in [0.29, 0.717) is 30.4 Å². The highest BCUT2D eigenvalue weighted by Crippen LogP contribution is 2.22. The van der Waals surface area contributed by atoms with E-state index in [-0.39, 0.29) is 5.25 Å². The molecule has 2 heterocycles. The molecule has 0 radical (unpaired) electrons. The second-order valence-corrected chi connectivity index (χ2v) is 6.85. The Morgan fingerprint density at radius 2 is 2.28 bits per heavy atom. The van der Waals surface area contributed by atoms with Crippen LogP contribution in [0.3, 0.4) is 0 Å². The van der Waals surface area contributed by atoms with E-state index in [1.165, 1.54) is 6.33 Å². The first-order chi connectivity index (χ1) is 8.54. The van der Waals surface area contributed by atoms with Gasteiger partial charge in [-0.25, -0.2) is 18.4 Å². The second kappa shape index (κ2) is 5.09. The van der Waals surface area contributed by atoms with Gasteiger partial charge in [0.1, 0.15) is 18.0 Å². The van der Waals surface area contributed by atoms with Gasteiger partial charge in [-0.3, -0.25) is 0 Å². The Balaban J connectivity index is 2.09. The van der Waals surface area contributed by atoms with Crippen LogP contribution in [0.25, 0.3) is 0 Å². The second-order valence-electron chi connectivity index (χ2n) is 4.45. The van der Waals surface area contributed by atoms with Gasteiger partial charge in [-0.1, -0.05) is 6.92 Å². The predicted molar refractivity (Wildman–Crippen MR) is 71.1 cm³/mol. The highest BCUT2D eigenvalue weighted by molar-refractivity contribution is 7.92. The van der Waals surface area contributed by atoms with E-state index in [2.05, 4.69) is 15.3 Å². The maximum absolute atomic E-state index is 11.7. The summed E-state index contributed by atoms with van der Waals surface area (Å²) in [6.07, 6.45) is 3.57. The van der Waals surface area contributed by atoms with Crippen LogP contribution in [0, 0.1) is 0 Å². The summed E-state index contributed by atoms with van der Waals surface area (Å²) in [6.45, 7) is 2.36. The Bertz CT molecular complexity index is 530. The molecule has 1 atom stereocenters. The molecule has 0 aliphatic carbocycles. The van der Waals surface area contributed by atoms with Gasteiger partial charge in [0.2, 0.25) is 0 Å². The van der Waals surface area contributed by atoms with Gasteiger partial charge in [-0.15, -0.1) is 0 Å². The van der Waals surface area contributed by atoms with Crippen molar-refractivity contribution in [3.63, 3.8) is 0 Å². The van der Waals surface area contributed by atoms with Gasteiger partial charge in [0.25, 0.3) is 0 Å². The molecule has 6 nitrogen and oxygen atoms in total. The number of nitrogen functional groups attached to an aromatic ring is 1. The van der Waals surface area contributed by atoms with Crippen LogP contribution in [0.4, 0.5) is 11.6 Å². The lowest BCUT2D eigenvalue weighted by Gasteiger charge is -2.14. The Hall–Kier alpha value is -1.37. The molecule has 0 saturated carbocycles. The first kappa shape index (κ1) is 13.1. The van der Waals surface area contributed by atoms with Crippen LogP contribution in [0.2, 0.25) is 0 Å². The van der Waals surface area contributed by atoms with Crippen molar-refractivity contribution in [1.29, 1.82) is 0 Å². The maximum Gasteiger partial charge on any atom is 0.154 e. The van der Waals surface area contributed by atoms with Crippen LogP contribution >= 0.6 is 0 Å². The average Bonchev–Trinajstić information content (AvgIpc) is 2.66. The third-order valence-corrected chi connectivity index (χ3v) is 5.57. The Morgan fingerprint density at radius 1 is 1.50 bits per heavy atom. The molecule has 100 valence electrons. The van der Waals surface area contributed by atoms with Gasteiger partial charge < -0.3 is 11.1 Å². The van der Waals surface area contributed by atoms with Crippen LogP contribution in [-0.2, 0) is 16.3 Å². The lowest BCUT2D eigenvalue weighted by atomic mass is 10.2. The summed E-state index contributed by atoms with van der Waals surface area (Å²) in [5, 5.41) is 2.79. The van der Waals surface area contributed by atoms with E-state index in [9.17, 15) is 8.42 Å². The zero-order valence-corrected chi connectivity index (χ0v) is 11.2. The summed E-state index contributed by atoms with van der Waals surface area (Å²) in [5.74, 6) is 1.39. The fraction of sp³-hybridized carbons (Fsp3) is 0.636.